The molecule has 0 radical (unpaired) electrons. The van der Waals surface area contributed by atoms with Crippen LogP contribution in [0.1, 0.15) is 41.9 Å². The number of rotatable bonds is 7. The maximum absolute atomic E-state index is 12.9. The summed E-state index contributed by atoms with van der Waals surface area (Å²) < 4.78 is 42.7. The molecule has 2 aliphatic heterocycles. The Balaban J connectivity index is 0.964. The number of benzene rings is 1. The molecule has 9 rings (SSSR count). The van der Waals surface area contributed by atoms with E-state index < -0.39 is 31.9 Å². The molecule has 8 atom stereocenters. The molecule has 3 aliphatic rings. The number of hydrogen-bond donors (Lipinski definition) is 2. The van der Waals surface area contributed by atoms with Gasteiger partial charge < -0.3 is 42.1 Å². The van der Waals surface area contributed by atoms with Crippen molar-refractivity contribution in [3.8, 4) is 6.07 Å². The molecule has 1 aromatic carbocycles. The molecule has 23 heteroatoms. The van der Waals surface area contributed by atoms with Crippen molar-refractivity contribution in [2.45, 2.75) is 43.7 Å². The van der Waals surface area contributed by atoms with Crippen molar-refractivity contribution < 1.29 is 37.0 Å². The van der Waals surface area contributed by atoms with Gasteiger partial charge in [-0.3, -0.25) is 13.8 Å². The SMILES string of the molecule is N#CCCOP1(=S)OC[C@H]2C[C@@H](n3cnc4c3ncn3ccnc43)[C@@H]2COP(O)(=S)OC[C@H]2O[C@@H](n3cnc4c(NC(=O)c5ccccc5)ncnc43)C[C@@H]2O1. The number of fused-ring (bicyclic) bond motifs is 6. The van der Waals surface area contributed by atoms with Gasteiger partial charge in [-0.25, -0.2) is 29.9 Å². The van der Waals surface area contributed by atoms with Crippen molar-refractivity contribution >= 4 is 76.8 Å². The molecule has 0 bridgehead atoms. The van der Waals surface area contributed by atoms with Crippen LogP contribution >= 0.6 is 13.4 Å². The van der Waals surface area contributed by atoms with Gasteiger partial charge in [0.05, 0.1) is 57.7 Å². The topological polar surface area (TPSA) is 220 Å². The number of aromatic nitrogens is 9. The van der Waals surface area contributed by atoms with E-state index in [0.29, 0.717) is 40.0 Å². The van der Waals surface area contributed by atoms with Gasteiger partial charge in [-0.15, -0.1) is 0 Å². The lowest BCUT2D eigenvalue weighted by atomic mass is 9.70. The maximum atomic E-state index is 12.9. The third kappa shape index (κ3) is 7.27. The number of carbonyl (C=O) groups is 1. The van der Waals surface area contributed by atoms with Crippen LogP contribution in [0.3, 0.4) is 0 Å². The predicted octanol–water partition coefficient (Wildman–Crippen LogP) is 4.46. The standard InChI is InChI=1S/C33H33N11O8P2S2/c34-7-4-10-47-54(56)50-13-21-11-23(43-18-39-28-30-35-8-9-42(30)17-40-32(28)43)22(21)14-48-53(46,55)49-15-25-24(52-54)12-26(51-25)44-19-38-27-29(36-16-37-31(27)44)41-33(45)20-5-2-1-3-6-20/h1-3,5-6,8-9,16-19,21-26H,4,10-15H2,(H,46,55)(H,36,37,41,45)/t21-,22-,23-,24+,25-,26-,53?,54?/m1/s1. The van der Waals surface area contributed by atoms with E-state index in [4.69, 9.17) is 51.0 Å². The Labute approximate surface area is 328 Å². The van der Waals surface area contributed by atoms with E-state index in [2.05, 4.69) is 41.3 Å². The van der Waals surface area contributed by atoms with Gasteiger partial charge in [0.2, 0.25) is 0 Å². The minimum atomic E-state index is -3.79. The summed E-state index contributed by atoms with van der Waals surface area (Å²) in [7, 11) is 0. The summed E-state index contributed by atoms with van der Waals surface area (Å²) in [5.41, 5.74) is 3.19. The van der Waals surface area contributed by atoms with Gasteiger partial charge in [0.15, 0.2) is 33.8 Å². The lowest BCUT2D eigenvalue weighted by Crippen LogP contribution is -2.43. The molecule has 6 aromatic rings. The lowest BCUT2D eigenvalue weighted by Gasteiger charge is -2.45. The van der Waals surface area contributed by atoms with Gasteiger partial charge in [-0.05, 0) is 48.1 Å². The minimum absolute atomic E-state index is 0.00127. The fraction of sp³-hybridized carbons (Fsp3) is 0.394. The molecule has 0 spiro atoms. The zero-order valence-electron chi connectivity index (χ0n) is 29.3. The molecule has 1 aliphatic carbocycles. The Morgan fingerprint density at radius 3 is 2.59 bits per heavy atom. The number of hydrogen-bond acceptors (Lipinski definition) is 16. The fourth-order valence-corrected chi connectivity index (χ4v) is 10.5. The highest BCUT2D eigenvalue weighted by Gasteiger charge is 2.47. The normalized spacial score (nSPS) is 29.7. The second-order valence-electron chi connectivity index (χ2n) is 13.4. The lowest BCUT2D eigenvalue weighted by molar-refractivity contribution is -0.0397. The minimum Gasteiger partial charge on any atom is -0.349 e. The quantitative estimate of drug-likeness (QED) is 0.167. The number of nitriles is 1. The molecular formula is C33H33N11O8P2S2. The average Bonchev–Trinajstić information content (AvgIpc) is 4.00. The van der Waals surface area contributed by atoms with Crippen molar-refractivity contribution in [2.24, 2.45) is 11.8 Å². The van der Waals surface area contributed by atoms with Gasteiger partial charge in [-0.1, -0.05) is 18.2 Å². The van der Waals surface area contributed by atoms with Crippen molar-refractivity contribution in [1.82, 2.24) is 43.4 Å². The van der Waals surface area contributed by atoms with Crippen LogP contribution in [0, 0.1) is 23.2 Å². The molecule has 3 fully saturated rings. The summed E-state index contributed by atoms with van der Waals surface area (Å²) in [6, 6.07) is 10.7. The molecule has 1 saturated carbocycles. The van der Waals surface area contributed by atoms with Crippen LogP contribution in [0.2, 0.25) is 0 Å². The Bertz CT molecular complexity index is 2570. The molecule has 1 amide bonds. The zero-order valence-corrected chi connectivity index (χ0v) is 32.7. The maximum Gasteiger partial charge on any atom is 0.327 e. The Kier molecular flexibility index (Phi) is 10.2. The fourth-order valence-electron chi connectivity index (χ4n) is 7.22. The number of ether oxygens (including phenoxy) is 1. The highest BCUT2D eigenvalue weighted by molar-refractivity contribution is 8.07. The molecule has 56 heavy (non-hydrogen) atoms. The monoisotopic (exact) mass is 837 g/mol. The van der Waals surface area contributed by atoms with E-state index in [0.717, 1.165) is 0 Å². The van der Waals surface area contributed by atoms with Crippen LogP contribution in [-0.2, 0) is 51.0 Å². The third-order valence-electron chi connectivity index (χ3n) is 10.1. The van der Waals surface area contributed by atoms with Crippen LogP contribution in [-0.4, -0.2) is 92.9 Å². The average molecular weight is 838 g/mol. The first-order chi connectivity index (χ1) is 27.2. The Hall–Kier alpha value is -4.16. The highest BCUT2D eigenvalue weighted by atomic mass is 32.5. The Morgan fingerprint density at radius 2 is 1.73 bits per heavy atom. The predicted molar refractivity (Wildman–Crippen MR) is 205 cm³/mol. The summed E-state index contributed by atoms with van der Waals surface area (Å²) in [4.78, 5) is 51.0. The number of amides is 1. The smallest absolute Gasteiger partial charge is 0.327 e. The second-order valence-corrected chi connectivity index (χ2v) is 19.2. The number of imidazole rings is 3. The Morgan fingerprint density at radius 1 is 0.929 bits per heavy atom. The van der Waals surface area contributed by atoms with Crippen molar-refractivity contribution in [3.05, 3.63) is 73.6 Å². The third-order valence-corrected chi connectivity index (χ3v) is 14.0. The van der Waals surface area contributed by atoms with E-state index in [9.17, 15) is 14.9 Å². The van der Waals surface area contributed by atoms with Gasteiger partial charge >= 0.3 is 13.4 Å². The van der Waals surface area contributed by atoms with Crippen molar-refractivity contribution in [3.63, 3.8) is 0 Å². The van der Waals surface area contributed by atoms with E-state index in [1.165, 1.54) is 12.7 Å². The zero-order chi connectivity index (χ0) is 38.4. The van der Waals surface area contributed by atoms with E-state index in [1.54, 1.807) is 58.3 Å². The number of nitrogens with zero attached hydrogens (tertiary/aromatic N) is 10. The summed E-state index contributed by atoms with van der Waals surface area (Å²) >= 11 is 11.4. The largest absolute Gasteiger partial charge is 0.349 e. The van der Waals surface area contributed by atoms with Gasteiger partial charge in [0.1, 0.15) is 25.0 Å². The summed E-state index contributed by atoms with van der Waals surface area (Å²) in [6.45, 7) is -7.30. The molecule has 2 unspecified atom stereocenters. The summed E-state index contributed by atoms with van der Waals surface area (Å²) in [5, 5.41) is 12.1. The first kappa shape index (κ1) is 37.4. The van der Waals surface area contributed by atoms with Crippen molar-refractivity contribution in [2.75, 3.05) is 31.7 Å². The molecule has 2 saturated heterocycles. The van der Waals surface area contributed by atoms with Gasteiger partial charge in [0.25, 0.3) is 5.91 Å². The molecule has 5 aromatic heterocycles. The van der Waals surface area contributed by atoms with Crippen LogP contribution in [0.5, 0.6) is 0 Å². The number of nitrogens with one attached hydrogen (secondary N) is 1. The molecule has 2 N–H and O–H groups in total. The van der Waals surface area contributed by atoms with Crippen LogP contribution in [0.4, 0.5) is 5.82 Å². The first-order valence-electron chi connectivity index (χ1n) is 17.6. The highest BCUT2D eigenvalue weighted by Crippen LogP contribution is 2.57. The van der Waals surface area contributed by atoms with Gasteiger partial charge in [-0.2, -0.15) is 5.26 Å². The van der Waals surface area contributed by atoms with Crippen molar-refractivity contribution in [1.29, 1.82) is 5.26 Å². The van der Waals surface area contributed by atoms with Crippen LogP contribution < -0.4 is 5.32 Å². The van der Waals surface area contributed by atoms with E-state index in [-0.39, 0.29) is 68.9 Å². The molecular weight excluding hydrogens is 805 g/mol. The number of anilines is 1. The van der Waals surface area contributed by atoms with E-state index >= 15 is 0 Å². The first-order valence-corrected chi connectivity index (χ1v) is 22.7. The summed E-state index contributed by atoms with van der Waals surface area (Å²) in [6.07, 6.45) is 8.38. The summed E-state index contributed by atoms with van der Waals surface area (Å²) in [5.74, 6) is -0.441. The number of carbonyl (C=O) groups excluding carboxylic acids is 1. The van der Waals surface area contributed by atoms with E-state index in [1.807, 2.05) is 10.6 Å². The molecule has 290 valence electrons. The molecule has 19 nitrogen and oxygen atoms in total. The second kappa shape index (κ2) is 15.3. The van der Waals surface area contributed by atoms with Gasteiger partial charge in [0, 0.05) is 36.3 Å². The van der Waals surface area contributed by atoms with Crippen LogP contribution in [0.15, 0.2) is 68.0 Å². The van der Waals surface area contributed by atoms with Crippen LogP contribution in [0.25, 0.3) is 28.0 Å². The molecule has 7 heterocycles.